The van der Waals surface area contributed by atoms with Crippen LogP contribution in [0, 0.1) is 12.7 Å². The van der Waals surface area contributed by atoms with Crippen molar-refractivity contribution in [3.8, 4) is 11.3 Å². The molecular formula is C29H39F2N5OS. The fourth-order valence-corrected chi connectivity index (χ4v) is 6.07. The number of fused-ring (bicyclic) bond motifs is 3. The molecule has 2 saturated heterocycles. The molecule has 2 aliphatic rings. The van der Waals surface area contributed by atoms with Gasteiger partial charge in [-0.25, -0.2) is 13.8 Å². The molecular weight excluding hydrogens is 504 g/mol. The molecule has 2 N–H and O–H groups in total. The van der Waals surface area contributed by atoms with Crippen molar-refractivity contribution in [1.82, 2.24) is 24.9 Å². The van der Waals surface area contributed by atoms with Gasteiger partial charge in [-0.2, -0.15) is 0 Å². The summed E-state index contributed by atoms with van der Waals surface area (Å²) in [5.74, 6) is -0.385. The summed E-state index contributed by atoms with van der Waals surface area (Å²) >= 11 is 1.48. The van der Waals surface area contributed by atoms with E-state index >= 15 is 0 Å². The van der Waals surface area contributed by atoms with Gasteiger partial charge in [-0.05, 0) is 88.5 Å². The molecule has 9 heteroatoms. The molecule has 38 heavy (non-hydrogen) atoms. The Labute approximate surface area is 229 Å². The fourth-order valence-electron chi connectivity index (χ4n) is 5.04. The molecule has 6 rings (SSSR count). The number of alkyl halides is 1. The van der Waals surface area contributed by atoms with Crippen LogP contribution in [0.4, 0.5) is 8.78 Å². The maximum absolute atomic E-state index is 14.2. The average Bonchev–Trinajstić information content (AvgIpc) is 3.67. The van der Waals surface area contributed by atoms with Crippen LogP contribution in [0.2, 0.25) is 0 Å². The Morgan fingerprint density at radius 1 is 1.21 bits per heavy atom. The number of likely N-dealkylation sites (tertiary alicyclic amines) is 1. The van der Waals surface area contributed by atoms with Crippen molar-refractivity contribution in [2.75, 3.05) is 39.3 Å². The Balaban J connectivity index is 0.000000570. The number of amides is 1. The molecule has 0 saturated carbocycles. The Hall–Kier alpha value is -2.88. The van der Waals surface area contributed by atoms with E-state index in [4.69, 9.17) is 0 Å². The molecule has 0 spiro atoms. The van der Waals surface area contributed by atoms with Gasteiger partial charge < -0.3 is 15.5 Å². The third kappa shape index (κ3) is 6.22. The van der Waals surface area contributed by atoms with Gasteiger partial charge in [-0.15, -0.1) is 0 Å². The summed E-state index contributed by atoms with van der Waals surface area (Å²) in [4.78, 5) is 20.4. The summed E-state index contributed by atoms with van der Waals surface area (Å²) in [6.45, 7) is 7.48. The predicted octanol–water partition coefficient (Wildman–Crippen LogP) is 6.08. The minimum atomic E-state index is -0.662. The van der Waals surface area contributed by atoms with Crippen LogP contribution in [0.15, 0.2) is 42.6 Å². The summed E-state index contributed by atoms with van der Waals surface area (Å²) in [6.07, 6.45) is 6.02. The van der Waals surface area contributed by atoms with Gasteiger partial charge in [0.25, 0.3) is 5.91 Å². The number of piperidine rings is 1. The Bertz CT molecular complexity index is 1390. The third-order valence-electron chi connectivity index (χ3n) is 7.25. The number of halogens is 2. The summed E-state index contributed by atoms with van der Waals surface area (Å²) in [5, 5.41) is 6.24. The largest absolute Gasteiger partial charge is 0.352 e. The Morgan fingerprint density at radius 2 is 1.97 bits per heavy atom. The highest BCUT2D eigenvalue weighted by molar-refractivity contribution is 7.23. The van der Waals surface area contributed by atoms with Crippen LogP contribution < -0.4 is 10.6 Å². The van der Waals surface area contributed by atoms with E-state index in [2.05, 4.69) is 20.5 Å². The van der Waals surface area contributed by atoms with Crippen LogP contribution in [0.5, 0.6) is 0 Å². The van der Waals surface area contributed by atoms with E-state index in [1.54, 1.807) is 18.2 Å². The normalized spacial score (nSPS) is 16.6. The molecule has 206 valence electrons. The molecule has 0 atom stereocenters. The van der Waals surface area contributed by atoms with Gasteiger partial charge in [0.1, 0.15) is 12.0 Å². The van der Waals surface area contributed by atoms with Gasteiger partial charge in [0.15, 0.2) is 4.96 Å². The molecule has 0 aliphatic carbocycles. The number of imidazole rings is 1. The van der Waals surface area contributed by atoms with Gasteiger partial charge in [0, 0.05) is 39.8 Å². The predicted molar refractivity (Wildman–Crippen MR) is 155 cm³/mol. The van der Waals surface area contributed by atoms with Crippen LogP contribution in [0.25, 0.3) is 26.4 Å². The van der Waals surface area contributed by atoms with Crippen molar-refractivity contribution < 1.29 is 16.4 Å². The molecule has 2 aromatic heterocycles. The topological polar surface area (TPSA) is 61.7 Å². The zero-order chi connectivity index (χ0) is 26.5. The minimum absolute atomic E-state index is 0. The monoisotopic (exact) mass is 543 g/mol. The highest BCUT2D eigenvalue weighted by Crippen LogP contribution is 2.32. The zero-order valence-electron chi connectivity index (χ0n) is 21.8. The maximum atomic E-state index is 14.2. The smallest absolute Gasteiger partial charge is 0.251 e. The molecule has 4 heterocycles. The molecule has 0 bridgehead atoms. The first-order chi connectivity index (χ1) is 18.5. The highest BCUT2D eigenvalue weighted by Gasteiger charge is 2.19. The van der Waals surface area contributed by atoms with Crippen LogP contribution in [0.1, 0.15) is 50.9 Å². The van der Waals surface area contributed by atoms with Crippen molar-refractivity contribution in [3.63, 3.8) is 0 Å². The number of aromatic nitrogens is 2. The highest BCUT2D eigenvalue weighted by atomic mass is 32.1. The first kappa shape index (κ1) is 26.7. The van der Waals surface area contributed by atoms with E-state index in [9.17, 15) is 13.6 Å². The third-order valence-corrected chi connectivity index (χ3v) is 8.26. The Morgan fingerprint density at radius 3 is 2.68 bits per heavy atom. The lowest BCUT2D eigenvalue weighted by Gasteiger charge is -2.28. The lowest BCUT2D eigenvalue weighted by molar-refractivity contribution is 0.0949. The molecule has 1 amide bonds. The second-order valence-corrected chi connectivity index (χ2v) is 11.1. The molecule has 6 nitrogen and oxygen atoms in total. The lowest BCUT2D eigenvalue weighted by Crippen LogP contribution is -2.36. The lowest BCUT2D eigenvalue weighted by atomic mass is 10.1. The number of hydrogen-bond donors (Lipinski definition) is 2. The molecule has 0 unspecified atom stereocenters. The summed E-state index contributed by atoms with van der Waals surface area (Å²) in [7, 11) is 0. The van der Waals surface area contributed by atoms with Crippen molar-refractivity contribution in [3.05, 3.63) is 59.5 Å². The van der Waals surface area contributed by atoms with Crippen LogP contribution >= 0.6 is 11.3 Å². The van der Waals surface area contributed by atoms with E-state index in [0.29, 0.717) is 36.2 Å². The number of aryl methyl sites for hydroxylation is 1. The second-order valence-electron chi connectivity index (χ2n) is 10.1. The van der Waals surface area contributed by atoms with E-state index in [-0.39, 0.29) is 14.6 Å². The summed E-state index contributed by atoms with van der Waals surface area (Å²) in [5.41, 5.74) is 3.56. The van der Waals surface area contributed by atoms with Gasteiger partial charge in [-0.1, -0.05) is 23.5 Å². The first-order valence-electron chi connectivity index (χ1n) is 13.5. The number of benzene rings is 2. The molecule has 2 fully saturated rings. The van der Waals surface area contributed by atoms with Crippen molar-refractivity contribution in [2.45, 2.75) is 45.2 Å². The fraction of sp³-hybridized carbons (Fsp3) is 0.448. The number of hydrogen-bond acceptors (Lipinski definition) is 5. The number of nitrogens with one attached hydrogen (secondary N) is 2. The quantitative estimate of drug-likeness (QED) is 0.290. The average molecular weight is 544 g/mol. The summed E-state index contributed by atoms with van der Waals surface area (Å²) < 4.78 is 30.3. The van der Waals surface area contributed by atoms with Crippen LogP contribution in [-0.4, -0.2) is 65.6 Å². The first-order valence-corrected chi connectivity index (χ1v) is 14.3. The Kier molecular flexibility index (Phi) is 8.66. The molecule has 2 aromatic carbocycles. The van der Waals surface area contributed by atoms with Gasteiger partial charge in [0.2, 0.25) is 0 Å². The van der Waals surface area contributed by atoms with Gasteiger partial charge in [0.05, 0.1) is 15.9 Å². The number of nitrogens with zero attached hydrogens (tertiary/aromatic N) is 3. The second kappa shape index (κ2) is 12.3. The number of carbonyl (C=O) groups excluding carboxylic acids is 1. The summed E-state index contributed by atoms with van der Waals surface area (Å²) in [6, 6.07) is 10.5. The van der Waals surface area contributed by atoms with Crippen molar-refractivity contribution in [1.29, 1.82) is 0 Å². The molecule has 4 aromatic rings. The van der Waals surface area contributed by atoms with Crippen LogP contribution in [0.3, 0.4) is 0 Å². The SMILES string of the molecule is C1CCNC1.Cc1cc2c(cc1C(=O)NCCCN1CCC(F)CC1)sc1nc(-c3ccccc3F)cn12.[HH].[HH]. The zero-order valence-corrected chi connectivity index (χ0v) is 22.6. The minimum Gasteiger partial charge on any atom is -0.352 e. The molecule has 2 aliphatic heterocycles. The van der Waals surface area contributed by atoms with Crippen LogP contribution in [-0.2, 0) is 0 Å². The van der Waals surface area contributed by atoms with Crippen molar-refractivity contribution >= 4 is 32.4 Å². The van der Waals surface area contributed by atoms with E-state index in [1.165, 1.54) is 43.3 Å². The number of rotatable bonds is 6. The molecule has 0 radical (unpaired) electrons. The number of carbonyl (C=O) groups is 1. The van der Waals surface area contributed by atoms with E-state index < -0.39 is 6.17 Å². The van der Waals surface area contributed by atoms with Gasteiger partial charge in [-0.3, -0.25) is 9.20 Å². The number of thiazole rings is 1. The van der Waals surface area contributed by atoms with Crippen molar-refractivity contribution in [2.24, 2.45) is 0 Å². The van der Waals surface area contributed by atoms with E-state index in [0.717, 1.165) is 46.8 Å². The standard InChI is InChI=1S/C25H26F2N4OS.C4H9N.2H2/c1-16-13-22-23(33-25-29-21(15-31(22)25)18-5-2-3-6-20(18)27)14-19(16)24(32)28-9-4-10-30-11-7-17(26)8-12-30;1-2-4-5-3-1;;/h2-3,5-6,13-15,17H,4,7-12H2,1H3,(H,28,32);5H,1-4H2;2*1H. The van der Waals surface area contributed by atoms with Gasteiger partial charge >= 0.3 is 0 Å². The maximum Gasteiger partial charge on any atom is 0.251 e. The van der Waals surface area contributed by atoms with E-state index in [1.807, 2.05) is 29.7 Å².